The fraction of sp³-hybridized carbons (Fsp3) is 0.364. The van der Waals surface area contributed by atoms with Gasteiger partial charge in [-0.25, -0.2) is 4.98 Å². The van der Waals surface area contributed by atoms with Crippen molar-refractivity contribution in [2.75, 3.05) is 13.6 Å². The summed E-state index contributed by atoms with van der Waals surface area (Å²) in [6.45, 7) is 3.09. The van der Waals surface area contributed by atoms with Crippen molar-refractivity contribution in [3.63, 3.8) is 0 Å². The highest BCUT2D eigenvalue weighted by Gasteiger charge is 2.08. The summed E-state index contributed by atoms with van der Waals surface area (Å²) in [5.41, 5.74) is 2.34. The summed E-state index contributed by atoms with van der Waals surface area (Å²) in [5, 5.41) is 4.27. The van der Waals surface area contributed by atoms with Gasteiger partial charge in [-0.2, -0.15) is 0 Å². The van der Waals surface area contributed by atoms with Gasteiger partial charge in [0.05, 0.1) is 5.69 Å². The first-order valence-corrected chi connectivity index (χ1v) is 5.87. The van der Waals surface area contributed by atoms with Crippen LogP contribution in [0.4, 0.5) is 0 Å². The molecule has 0 spiro atoms. The largest absolute Gasteiger partial charge is 0.367 e. The fourth-order valence-corrected chi connectivity index (χ4v) is 2.54. The summed E-state index contributed by atoms with van der Waals surface area (Å²) >= 11 is 1.79. The number of aryl methyl sites for hydroxylation is 1. The average Bonchev–Trinajstić information content (AvgIpc) is 2.83. The molecule has 0 radical (unpaired) electrons. The topological polar surface area (TPSA) is 40.7 Å². The molecule has 0 atom stereocenters. The Morgan fingerprint density at radius 1 is 1.53 bits per heavy atom. The van der Waals surface area contributed by atoms with Gasteiger partial charge in [-0.15, -0.1) is 11.3 Å². The second-order valence-corrected chi connectivity index (χ2v) is 4.56. The van der Waals surface area contributed by atoms with Crippen molar-refractivity contribution < 1.29 is 0 Å². The van der Waals surface area contributed by atoms with Crippen molar-refractivity contribution in [1.82, 2.24) is 15.3 Å². The number of rotatable bonds is 4. The lowest BCUT2D eigenvalue weighted by atomic mass is 10.3. The van der Waals surface area contributed by atoms with Crippen molar-refractivity contribution in [2.45, 2.75) is 13.3 Å². The van der Waals surface area contributed by atoms with Crippen LogP contribution in [0.1, 0.15) is 10.6 Å². The van der Waals surface area contributed by atoms with E-state index in [9.17, 15) is 0 Å². The number of hydrogen-bond acceptors (Lipinski definition) is 3. The molecule has 0 bridgehead atoms. The highest BCUT2D eigenvalue weighted by molar-refractivity contribution is 7.15. The van der Waals surface area contributed by atoms with Crippen LogP contribution in [0.25, 0.3) is 10.6 Å². The minimum absolute atomic E-state index is 1.01. The van der Waals surface area contributed by atoms with Crippen LogP contribution in [-0.2, 0) is 6.42 Å². The molecule has 0 amide bonds. The number of nitrogens with zero attached hydrogens (tertiary/aromatic N) is 1. The second-order valence-electron chi connectivity index (χ2n) is 3.48. The Bertz CT molecular complexity index is 417. The molecule has 0 fully saturated rings. The molecule has 2 N–H and O–H groups in total. The molecule has 0 aliphatic heterocycles. The first kappa shape index (κ1) is 10.4. The standard InChI is InChI=1S/C11H15N3S/c1-8-10(4-5-12-2)15-11(14-8)9-3-6-13-7-9/h3,6-7,12-13H,4-5H2,1-2H3. The van der Waals surface area contributed by atoms with E-state index >= 15 is 0 Å². The SMILES string of the molecule is CNCCc1sc(-c2cc[nH]c2)nc1C. The molecule has 2 aromatic heterocycles. The average molecular weight is 221 g/mol. The zero-order valence-corrected chi connectivity index (χ0v) is 9.82. The summed E-state index contributed by atoms with van der Waals surface area (Å²) in [6.07, 6.45) is 4.98. The number of aromatic nitrogens is 2. The Morgan fingerprint density at radius 3 is 3.07 bits per heavy atom. The van der Waals surface area contributed by atoms with Gasteiger partial charge in [0.25, 0.3) is 0 Å². The fourth-order valence-electron chi connectivity index (χ4n) is 1.48. The molecule has 0 unspecified atom stereocenters. The maximum Gasteiger partial charge on any atom is 0.125 e. The molecule has 80 valence electrons. The molecule has 0 saturated carbocycles. The zero-order chi connectivity index (χ0) is 10.7. The van der Waals surface area contributed by atoms with E-state index in [1.807, 2.05) is 19.4 Å². The molecule has 2 aromatic rings. The van der Waals surface area contributed by atoms with E-state index in [0.717, 1.165) is 23.7 Å². The molecule has 0 aliphatic rings. The lowest BCUT2D eigenvalue weighted by Gasteiger charge is -1.95. The third-order valence-corrected chi connectivity index (χ3v) is 3.61. The van der Waals surface area contributed by atoms with Gasteiger partial charge in [-0.1, -0.05) is 0 Å². The molecule has 2 heterocycles. The highest BCUT2D eigenvalue weighted by atomic mass is 32.1. The Balaban J connectivity index is 2.21. The number of nitrogens with one attached hydrogen (secondary N) is 2. The molecular weight excluding hydrogens is 206 g/mol. The molecule has 0 aromatic carbocycles. The summed E-state index contributed by atoms with van der Waals surface area (Å²) in [4.78, 5) is 9.01. The maximum absolute atomic E-state index is 4.58. The Morgan fingerprint density at radius 2 is 2.40 bits per heavy atom. The molecule has 15 heavy (non-hydrogen) atoms. The van der Waals surface area contributed by atoms with Gasteiger partial charge >= 0.3 is 0 Å². The number of hydrogen-bond donors (Lipinski definition) is 2. The van der Waals surface area contributed by atoms with Gasteiger partial charge in [0.1, 0.15) is 5.01 Å². The normalized spacial score (nSPS) is 10.8. The van der Waals surface area contributed by atoms with Crippen LogP contribution in [0.5, 0.6) is 0 Å². The van der Waals surface area contributed by atoms with Gasteiger partial charge in [-0.3, -0.25) is 0 Å². The summed E-state index contributed by atoms with van der Waals surface area (Å²) in [7, 11) is 1.98. The van der Waals surface area contributed by atoms with Crippen LogP contribution >= 0.6 is 11.3 Å². The van der Waals surface area contributed by atoms with E-state index in [-0.39, 0.29) is 0 Å². The van der Waals surface area contributed by atoms with E-state index in [1.54, 1.807) is 11.3 Å². The number of aromatic amines is 1. The third kappa shape index (κ3) is 2.27. The van der Waals surface area contributed by atoms with Crippen LogP contribution in [-0.4, -0.2) is 23.6 Å². The van der Waals surface area contributed by atoms with Crippen molar-refractivity contribution >= 4 is 11.3 Å². The summed E-state index contributed by atoms with van der Waals surface area (Å²) < 4.78 is 0. The maximum atomic E-state index is 4.58. The molecule has 0 aliphatic carbocycles. The number of H-pyrrole nitrogens is 1. The minimum atomic E-state index is 1.01. The predicted molar refractivity (Wildman–Crippen MR) is 64.3 cm³/mol. The van der Waals surface area contributed by atoms with Crippen molar-refractivity contribution in [3.05, 3.63) is 29.0 Å². The van der Waals surface area contributed by atoms with Gasteiger partial charge in [0, 0.05) is 22.8 Å². The first-order chi connectivity index (χ1) is 7.31. The number of thiazole rings is 1. The van der Waals surface area contributed by atoms with Crippen LogP contribution in [0.2, 0.25) is 0 Å². The molecule has 0 saturated heterocycles. The minimum Gasteiger partial charge on any atom is -0.367 e. The van der Waals surface area contributed by atoms with Crippen molar-refractivity contribution in [2.24, 2.45) is 0 Å². The van der Waals surface area contributed by atoms with Gasteiger partial charge in [0.15, 0.2) is 0 Å². The van der Waals surface area contributed by atoms with Crippen LogP contribution in [0.15, 0.2) is 18.5 Å². The smallest absolute Gasteiger partial charge is 0.125 e. The zero-order valence-electron chi connectivity index (χ0n) is 9.00. The molecule has 3 nitrogen and oxygen atoms in total. The van der Waals surface area contributed by atoms with Crippen LogP contribution in [0.3, 0.4) is 0 Å². The monoisotopic (exact) mass is 221 g/mol. The van der Waals surface area contributed by atoms with Crippen LogP contribution < -0.4 is 5.32 Å². The second kappa shape index (κ2) is 4.59. The van der Waals surface area contributed by atoms with E-state index in [2.05, 4.69) is 28.3 Å². The lowest BCUT2D eigenvalue weighted by Crippen LogP contribution is -2.09. The third-order valence-electron chi connectivity index (χ3n) is 2.34. The van der Waals surface area contributed by atoms with Crippen molar-refractivity contribution in [3.8, 4) is 10.6 Å². The quantitative estimate of drug-likeness (QED) is 0.831. The Kier molecular flexibility index (Phi) is 3.18. The molecule has 4 heteroatoms. The highest BCUT2D eigenvalue weighted by Crippen LogP contribution is 2.27. The van der Waals surface area contributed by atoms with E-state index in [4.69, 9.17) is 0 Å². The summed E-state index contributed by atoms with van der Waals surface area (Å²) in [5.74, 6) is 0. The number of likely N-dealkylation sites (N-methyl/N-ethyl adjacent to an activating group) is 1. The van der Waals surface area contributed by atoms with E-state index < -0.39 is 0 Å². The summed E-state index contributed by atoms with van der Waals surface area (Å²) in [6, 6.07) is 2.06. The Labute approximate surface area is 93.6 Å². The van der Waals surface area contributed by atoms with E-state index in [0.29, 0.717) is 0 Å². The Hall–Kier alpha value is -1.13. The van der Waals surface area contributed by atoms with Gasteiger partial charge < -0.3 is 10.3 Å². The lowest BCUT2D eigenvalue weighted by molar-refractivity contribution is 0.795. The first-order valence-electron chi connectivity index (χ1n) is 5.05. The molecule has 2 rings (SSSR count). The predicted octanol–water partition coefficient (Wildman–Crippen LogP) is 2.21. The van der Waals surface area contributed by atoms with E-state index in [1.165, 1.54) is 10.4 Å². The molecular formula is C11H15N3S. The van der Waals surface area contributed by atoms with Crippen molar-refractivity contribution in [1.29, 1.82) is 0 Å². The van der Waals surface area contributed by atoms with Crippen LogP contribution in [0, 0.1) is 6.92 Å². The van der Waals surface area contributed by atoms with Gasteiger partial charge in [-0.05, 0) is 33.0 Å². The van der Waals surface area contributed by atoms with Gasteiger partial charge in [0.2, 0.25) is 0 Å².